The standard InChI is InChI=1S/C38H57N7O7S/c1-23(2)19-29(35(48)41-28(17-11-12-18-39)34(47)44-31(22-53)38(51)52)43-37(50)32(24(3)4)45-36(49)30(21-26-15-9-6-10-16-26)42-33(46)27(40)20-25-13-7-5-8-14-25/h5-10,13-16,23-24,27-32,53H,11-12,17-22,39-40H2,1-4H3,(H,41,48)(H,42,46)(H,43,50)(H,44,47)(H,45,49)(H,51,52). The molecule has 0 heterocycles. The van der Waals surface area contributed by atoms with Crippen molar-refractivity contribution in [2.45, 2.75) is 102 Å². The average molecular weight is 756 g/mol. The van der Waals surface area contributed by atoms with E-state index in [1.54, 1.807) is 13.8 Å². The first-order valence-corrected chi connectivity index (χ1v) is 18.7. The topological polar surface area (TPSA) is 235 Å². The fraction of sp³-hybridized carbons (Fsp3) is 0.526. The van der Waals surface area contributed by atoms with Gasteiger partial charge in [-0.2, -0.15) is 12.6 Å². The lowest BCUT2D eigenvalue weighted by Gasteiger charge is -2.29. The summed E-state index contributed by atoms with van der Waals surface area (Å²) < 4.78 is 0. The largest absolute Gasteiger partial charge is 0.480 e. The maximum atomic E-state index is 13.9. The Morgan fingerprint density at radius 3 is 1.64 bits per heavy atom. The summed E-state index contributed by atoms with van der Waals surface area (Å²) >= 11 is 4.00. The van der Waals surface area contributed by atoms with Gasteiger partial charge >= 0.3 is 5.97 Å². The van der Waals surface area contributed by atoms with Gasteiger partial charge in [-0.3, -0.25) is 24.0 Å². The Labute approximate surface area is 317 Å². The van der Waals surface area contributed by atoms with Crippen molar-refractivity contribution >= 4 is 48.1 Å². The quantitative estimate of drug-likeness (QED) is 0.0582. The number of nitrogens with one attached hydrogen (secondary N) is 5. The minimum atomic E-state index is -1.27. The predicted octanol–water partition coefficient (Wildman–Crippen LogP) is 1.07. The van der Waals surface area contributed by atoms with E-state index in [1.165, 1.54) is 0 Å². The first kappa shape index (κ1) is 44.7. The van der Waals surface area contributed by atoms with Gasteiger partial charge < -0.3 is 43.2 Å². The van der Waals surface area contributed by atoms with Gasteiger partial charge in [0.25, 0.3) is 0 Å². The van der Waals surface area contributed by atoms with Crippen molar-refractivity contribution in [1.82, 2.24) is 26.6 Å². The molecule has 6 atom stereocenters. The fourth-order valence-electron chi connectivity index (χ4n) is 5.54. The molecule has 0 spiro atoms. The monoisotopic (exact) mass is 755 g/mol. The van der Waals surface area contributed by atoms with Crippen LogP contribution in [0.3, 0.4) is 0 Å². The molecule has 15 heteroatoms. The molecule has 0 saturated carbocycles. The molecule has 53 heavy (non-hydrogen) atoms. The van der Waals surface area contributed by atoms with Crippen LogP contribution in [-0.4, -0.2) is 89.2 Å². The van der Waals surface area contributed by atoms with Gasteiger partial charge in [-0.1, -0.05) is 88.4 Å². The van der Waals surface area contributed by atoms with Crippen molar-refractivity contribution < 1.29 is 33.9 Å². The van der Waals surface area contributed by atoms with Crippen LogP contribution in [0, 0.1) is 11.8 Å². The molecule has 0 fully saturated rings. The number of aliphatic carboxylic acids is 1. The van der Waals surface area contributed by atoms with Crippen molar-refractivity contribution in [2.75, 3.05) is 12.3 Å². The lowest BCUT2D eigenvalue weighted by Crippen LogP contribution is -2.60. The number of benzene rings is 2. The van der Waals surface area contributed by atoms with E-state index in [4.69, 9.17) is 11.5 Å². The number of hydrogen-bond donors (Lipinski definition) is 9. The Kier molecular flexibility index (Phi) is 19.6. The molecule has 0 radical (unpaired) electrons. The Morgan fingerprint density at radius 1 is 0.642 bits per heavy atom. The molecule has 2 aromatic rings. The van der Waals surface area contributed by atoms with Gasteiger partial charge in [0.2, 0.25) is 29.5 Å². The minimum Gasteiger partial charge on any atom is -0.480 e. The van der Waals surface area contributed by atoms with Crippen LogP contribution >= 0.6 is 12.6 Å². The van der Waals surface area contributed by atoms with Crippen molar-refractivity contribution in [1.29, 1.82) is 0 Å². The van der Waals surface area contributed by atoms with E-state index in [1.807, 2.05) is 74.5 Å². The molecule has 0 aromatic heterocycles. The molecule has 5 amide bonds. The van der Waals surface area contributed by atoms with E-state index in [2.05, 4.69) is 39.2 Å². The lowest BCUT2D eigenvalue weighted by molar-refractivity contribution is -0.141. The number of rotatable bonds is 23. The van der Waals surface area contributed by atoms with Gasteiger partial charge in [0, 0.05) is 12.2 Å². The zero-order chi connectivity index (χ0) is 39.5. The SMILES string of the molecule is CC(C)CC(NC(=O)C(NC(=O)C(Cc1ccccc1)NC(=O)C(N)Cc1ccccc1)C(C)C)C(=O)NC(CCCCN)C(=O)NC(CS)C(=O)O. The molecule has 10 N–H and O–H groups in total. The summed E-state index contributed by atoms with van der Waals surface area (Å²) in [6, 6.07) is 11.8. The van der Waals surface area contributed by atoms with E-state index in [0.717, 1.165) is 11.1 Å². The fourth-order valence-corrected chi connectivity index (χ4v) is 5.79. The number of carboxylic acids is 1. The molecule has 0 saturated heterocycles. The summed E-state index contributed by atoms with van der Waals surface area (Å²) in [7, 11) is 0. The highest BCUT2D eigenvalue weighted by Gasteiger charge is 2.34. The number of carboxylic acid groups (broad SMARTS) is 1. The summed E-state index contributed by atoms with van der Waals surface area (Å²) in [5.74, 6) is -5.04. The maximum Gasteiger partial charge on any atom is 0.327 e. The minimum absolute atomic E-state index is 0.0613. The molecule has 14 nitrogen and oxygen atoms in total. The second kappa shape index (κ2) is 23.2. The Bertz CT molecular complexity index is 1480. The van der Waals surface area contributed by atoms with Crippen LogP contribution < -0.4 is 38.1 Å². The smallest absolute Gasteiger partial charge is 0.327 e. The number of carbonyl (C=O) groups is 6. The zero-order valence-electron chi connectivity index (χ0n) is 31.0. The lowest BCUT2D eigenvalue weighted by atomic mass is 9.98. The molecule has 0 bridgehead atoms. The normalized spacial score (nSPS) is 14.6. The molecule has 6 unspecified atom stereocenters. The molecular weight excluding hydrogens is 699 g/mol. The number of thiol groups is 1. The molecule has 0 aliphatic rings. The van der Waals surface area contributed by atoms with Gasteiger partial charge in [-0.25, -0.2) is 4.79 Å². The van der Waals surface area contributed by atoms with E-state index in [9.17, 15) is 33.9 Å². The van der Waals surface area contributed by atoms with Crippen molar-refractivity contribution in [3.8, 4) is 0 Å². The number of unbranched alkanes of at least 4 members (excludes halogenated alkanes) is 1. The second-order valence-corrected chi connectivity index (χ2v) is 14.3. The van der Waals surface area contributed by atoms with Crippen molar-refractivity contribution in [3.05, 3.63) is 71.8 Å². The van der Waals surface area contributed by atoms with Gasteiger partial charge in [0.15, 0.2) is 0 Å². The number of hydrogen-bond acceptors (Lipinski definition) is 9. The number of nitrogens with two attached hydrogens (primary N) is 2. The van der Waals surface area contributed by atoms with Gasteiger partial charge in [0.1, 0.15) is 30.2 Å². The van der Waals surface area contributed by atoms with E-state index >= 15 is 0 Å². The molecule has 0 aliphatic heterocycles. The Morgan fingerprint density at radius 2 is 1.13 bits per heavy atom. The molecule has 292 valence electrons. The molecular formula is C38H57N7O7S. The van der Waals surface area contributed by atoms with Crippen molar-refractivity contribution in [2.24, 2.45) is 23.3 Å². The Balaban J connectivity index is 2.27. The van der Waals surface area contributed by atoms with Crippen LogP contribution in [-0.2, 0) is 41.6 Å². The summed E-state index contributed by atoms with van der Waals surface area (Å²) in [4.78, 5) is 79.3. The van der Waals surface area contributed by atoms with Crippen LogP contribution in [0.5, 0.6) is 0 Å². The Hall–Kier alpha value is -4.47. The first-order valence-electron chi connectivity index (χ1n) is 18.1. The van der Waals surface area contributed by atoms with Crippen LogP contribution in [0.4, 0.5) is 0 Å². The van der Waals surface area contributed by atoms with E-state index < -0.39 is 77.7 Å². The highest BCUT2D eigenvalue weighted by Crippen LogP contribution is 2.12. The van der Waals surface area contributed by atoms with Gasteiger partial charge in [-0.15, -0.1) is 0 Å². The average Bonchev–Trinajstić information content (AvgIpc) is 3.11. The molecule has 2 aromatic carbocycles. The third-order valence-corrected chi connectivity index (χ3v) is 8.88. The third-order valence-electron chi connectivity index (χ3n) is 8.51. The highest BCUT2D eigenvalue weighted by molar-refractivity contribution is 7.80. The summed E-state index contributed by atoms with van der Waals surface area (Å²) in [6.07, 6.45) is 1.83. The van der Waals surface area contributed by atoms with Crippen LogP contribution in [0.1, 0.15) is 64.5 Å². The van der Waals surface area contributed by atoms with E-state index in [0.29, 0.717) is 19.4 Å². The molecule has 0 aliphatic carbocycles. The van der Waals surface area contributed by atoms with Gasteiger partial charge in [-0.05, 0) is 61.6 Å². The molecule has 2 rings (SSSR count). The predicted molar refractivity (Wildman–Crippen MR) is 207 cm³/mol. The third kappa shape index (κ3) is 16.0. The summed E-state index contributed by atoms with van der Waals surface area (Å²) in [5, 5.41) is 22.8. The zero-order valence-corrected chi connectivity index (χ0v) is 31.9. The highest BCUT2D eigenvalue weighted by atomic mass is 32.1. The number of carbonyl (C=O) groups excluding carboxylic acids is 5. The van der Waals surface area contributed by atoms with E-state index in [-0.39, 0.29) is 37.4 Å². The maximum absolute atomic E-state index is 13.9. The van der Waals surface area contributed by atoms with Crippen LogP contribution in [0.15, 0.2) is 60.7 Å². The second-order valence-electron chi connectivity index (χ2n) is 13.9. The van der Waals surface area contributed by atoms with Crippen LogP contribution in [0.2, 0.25) is 0 Å². The number of amides is 5. The van der Waals surface area contributed by atoms with Gasteiger partial charge in [0.05, 0.1) is 6.04 Å². The van der Waals surface area contributed by atoms with Crippen LogP contribution in [0.25, 0.3) is 0 Å². The summed E-state index contributed by atoms with van der Waals surface area (Å²) in [6.45, 7) is 7.56. The first-order chi connectivity index (χ1) is 25.2. The summed E-state index contributed by atoms with van der Waals surface area (Å²) in [5.41, 5.74) is 13.5. The van der Waals surface area contributed by atoms with Crippen molar-refractivity contribution in [3.63, 3.8) is 0 Å².